The molecule has 0 radical (unpaired) electrons. The molecule has 1 nitrogen and oxygen atoms in total. The molecule has 0 heterocycles. The molecule has 0 aliphatic heterocycles. The molecule has 0 unspecified atom stereocenters. The third kappa shape index (κ3) is 3.63. The van der Waals surface area contributed by atoms with E-state index in [-0.39, 0.29) is 16.4 Å². The van der Waals surface area contributed by atoms with E-state index in [1.807, 2.05) is 0 Å². The predicted molar refractivity (Wildman–Crippen MR) is 56.3 cm³/mol. The standard InChI is InChI=1S/C11H7F3OS/c1-7(15)16-4-2-3-8-5-9(12)6-10(13)11(8)14/h5-6H,4H2,1H3. The topological polar surface area (TPSA) is 17.1 Å². The van der Waals surface area contributed by atoms with Gasteiger partial charge in [0.25, 0.3) is 0 Å². The van der Waals surface area contributed by atoms with E-state index in [0.717, 1.165) is 17.8 Å². The van der Waals surface area contributed by atoms with Crippen LogP contribution in [0.5, 0.6) is 0 Å². The zero-order valence-electron chi connectivity index (χ0n) is 8.31. The first-order valence-electron chi connectivity index (χ1n) is 4.27. The van der Waals surface area contributed by atoms with Crippen LogP contribution in [0.15, 0.2) is 12.1 Å². The van der Waals surface area contributed by atoms with Crippen molar-refractivity contribution >= 4 is 16.9 Å². The van der Waals surface area contributed by atoms with Crippen molar-refractivity contribution in [1.29, 1.82) is 0 Å². The molecule has 1 aromatic carbocycles. The smallest absolute Gasteiger partial charge is 0.186 e. The van der Waals surface area contributed by atoms with Gasteiger partial charge in [0, 0.05) is 13.0 Å². The molecular formula is C11H7F3OS. The first-order valence-corrected chi connectivity index (χ1v) is 5.26. The third-order valence-corrected chi connectivity index (χ3v) is 2.26. The van der Waals surface area contributed by atoms with Crippen LogP contribution in [-0.4, -0.2) is 10.9 Å². The monoisotopic (exact) mass is 244 g/mol. The number of carbonyl (C=O) groups is 1. The Morgan fingerprint density at radius 3 is 2.69 bits per heavy atom. The maximum Gasteiger partial charge on any atom is 0.186 e. The number of halogens is 3. The molecule has 0 aliphatic rings. The van der Waals surface area contributed by atoms with Crippen molar-refractivity contribution < 1.29 is 18.0 Å². The van der Waals surface area contributed by atoms with Crippen LogP contribution in [0.4, 0.5) is 13.2 Å². The Labute approximate surface area is 95.0 Å². The van der Waals surface area contributed by atoms with Gasteiger partial charge in [-0.15, -0.1) is 0 Å². The molecule has 16 heavy (non-hydrogen) atoms. The maximum atomic E-state index is 13.0. The summed E-state index contributed by atoms with van der Waals surface area (Å²) in [5.74, 6) is 1.54. The Balaban J connectivity index is 2.84. The van der Waals surface area contributed by atoms with Crippen molar-refractivity contribution in [2.24, 2.45) is 0 Å². The number of thioether (sulfide) groups is 1. The highest BCUT2D eigenvalue weighted by molar-refractivity contribution is 8.13. The Hall–Kier alpha value is -1.41. The van der Waals surface area contributed by atoms with Gasteiger partial charge < -0.3 is 0 Å². The van der Waals surface area contributed by atoms with Crippen LogP contribution >= 0.6 is 11.8 Å². The van der Waals surface area contributed by atoms with Gasteiger partial charge in [-0.3, -0.25) is 4.79 Å². The molecule has 5 heteroatoms. The number of hydrogen-bond donors (Lipinski definition) is 0. The first-order chi connectivity index (χ1) is 7.50. The summed E-state index contributed by atoms with van der Waals surface area (Å²) in [4.78, 5) is 10.5. The molecule has 84 valence electrons. The second-order valence-electron chi connectivity index (χ2n) is 2.83. The summed E-state index contributed by atoms with van der Waals surface area (Å²) in [6.45, 7) is 1.37. The minimum absolute atomic E-state index is 0.125. The molecule has 0 aliphatic carbocycles. The van der Waals surface area contributed by atoms with Crippen LogP contribution in [0.3, 0.4) is 0 Å². The fraction of sp³-hybridized carbons (Fsp3) is 0.182. The summed E-state index contributed by atoms with van der Waals surface area (Å²) in [7, 11) is 0. The summed E-state index contributed by atoms with van der Waals surface area (Å²) in [5, 5.41) is -0.125. The molecule has 0 amide bonds. The Bertz CT molecular complexity index is 474. The van der Waals surface area contributed by atoms with Crippen molar-refractivity contribution in [3.05, 3.63) is 35.1 Å². The summed E-state index contributed by atoms with van der Waals surface area (Å²) in [6, 6.07) is 1.26. The van der Waals surface area contributed by atoms with Crippen LogP contribution in [0.1, 0.15) is 12.5 Å². The van der Waals surface area contributed by atoms with Crippen LogP contribution in [0.25, 0.3) is 0 Å². The zero-order valence-corrected chi connectivity index (χ0v) is 9.13. The van der Waals surface area contributed by atoms with E-state index in [4.69, 9.17) is 0 Å². The zero-order chi connectivity index (χ0) is 12.1. The lowest BCUT2D eigenvalue weighted by Crippen LogP contribution is -1.92. The fourth-order valence-electron chi connectivity index (χ4n) is 0.916. The summed E-state index contributed by atoms with van der Waals surface area (Å²) >= 11 is 0.942. The van der Waals surface area contributed by atoms with Gasteiger partial charge >= 0.3 is 0 Å². The Morgan fingerprint density at radius 1 is 1.38 bits per heavy atom. The lowest BCUT2D eigenvalue weighted by atomic mass is 10.2. The lowest BCUT2D eigenvalue weighted by Gasteiger charge is -1.96. The molecule has 0 atom stereocenters. The molecule has 0 N–H and O–H groups in total. The first kappa shape index (κ1) is 12.7. The van der Waals surface area contributed by atoms with Crippen molar-refractivity contribution in [3.63, 3.8) is 0 Å². The van der Waals surface area contributed by atoms with Crippen LogP contribution in [-0.2, 0) is 4.79 Å². The van der Waals surface area contributed by atoms with E-state index in [2.05, 4.69) is 11.8 Å². The quantitative estimate of drug-likeness (QED) is 0.558. The van der Waals surface area contributed by atoms with Gasteiger partial charge in [0.2, 0.25) is 0 Å². The highest BCUT2D eigenvalue weighted by atomic mass is 32.2. The summed E-state index contributed by atoms with van der Waals surface area (Å²) in [5.41, 5.74) is -0.346. The highest BCUT2D eigenvalue weighted by Gasteiger charge is 2.08. The minimum Gasteiger partial charge on any atom is -0.288 e. The average molecular weight is 244 g/mol. The number of rotatable bonds is 1. The average Bonchev–Trinajstić information content (AvgIpc) is 2.19. The molecule has 0 aromatic heterocycles. The van der Waals surface area contributed by atoms with Gasteiger partial charge in [0.05, 0.1) is 11.3 Å². The normalized spacial score (nSPS) is 9.50. The van der Waals surface area contributed by atoms with E-state index in [0.29, 0.717) is 6.07 Å². The molecule has 1 aromatic rings. The van der Waals surface area contributed by atoms with Crippen molar-refractivity contribution in [2.75, 3.05) is 5.75 Å². The van der Waals surface area contributed by atoms with E-state index in [1.54, 1.807) is 0 Å². The molecule has 0 saturated heterocycles. The Kier molecular flexibility index (Phi) is 4.44. The predicted octanol–water partition coefficient (Wildman–Crippen LogP) is 2.74. The van der Waals surface area contributed by atoms with Crippen molar-refractivity contribution in [1.82, 2.24) is 0 Å². The summed E-state index contributed by atoms with van der Waals surface area (Å²) in [6.07, 6.45) is 0. The number of hydrogen-bond acceptors (Lipinski definition) is 2. The van der Waals surface area contributed by atoms with Gasteiger partial charge in [0.15, 0.2) is 16.7 Å². The second-order valence-corrected chi connectivity index (χ2v) is 3.98. The van der Waals surface area contributed by atoms with Crippen LogP contribution in [0.2, 0.25) is 0 Å². The van der Waals surface area contributed by atoms with Gasteiger partial charge in [-0.2, -0.15) is 0 Å². The highest BCUT2D eigenvalue weighted by Crippen LogP contribution is 2.13. The molecule has 0 fully saturated rings. The van der Waals surface area contributed by atoms with E-state index < -0.39 is 17.5 Å². The molecular weight excluding hydrogens is 237 g/mol. The molecule has 1 rings (SSSR count). The van der Waals surface area contributed by atoms with Crippen molar-refractivity contribution in [2.45, 2.75) is 6.92 Å². The number of carbonyl (C=O) groups excluding carboxylic acids is 1. The fourth-order valence-corrected chi connectivity index (χ4v) is 1.26. The second kappa shape index (κ2) is 5.61. The Morgan fingerprint density at radius 2 is 2.06 bits per heavy atom. The van der Waals surface area contributed by atoms with E-state index in [1.165, 1.54) is 6.92 Å². The maximum absolute atomic E-state index is 13.0. The minimum atomic E-state index is -1.27. The molecule has 0 spiro atoms. The SMILES string of the molecule is CC(=O)SCC#Cc1cc(F)cc(F)c1F. The lowest BCUT2D eigenvalue weighted by molar-refractivity contribution is -0.109. The van der Waals surface area contributed by atoms with E-state index >= 15 is 0 Å². The van der Waals surface area contributed by atoms with Gasteiger partial charge in [0.1, 0.15) is 5.82 Å². The third-order valence-electron chi connectivity index (χ3n) is 1.56. The van der Waals surface area contributed by atoms with Crippen molar-refractivity contribution in [3.8, 4) is 11.8 Å². The van der Waals surface area contributed by atoms with Gasteiger partial charge in [-0.25, -0.2) is 13.2 Å². The molecule has 0 saturated carbocycles. The van der Waals surface area contributed by atoms with Crippen LogP contribution in [0, 0.1) is 29.3 Å². The van der Waals surface area contributed by atoms with Gasteiger partial charge in [-0.05, 0) is 6.07 Å². The largest absolute Gasteiger partial charge is 0.288 e. The van der Waals surface area contributed by atoms with Gasteiger partial charge in [-0.1, -0.05) is 23.6 Å². The summed E-state index contributed by atoms with van der Waals surface area (Å²) < 4.78 is 38.5. The van der Waals surface area contributed by atoms with E-state index in [9.17, 15) is 18.0 Å². The van der Waals surface area contributed by atoms with Crippen LogP contribution < -0.4 is 0 Å². The molecule has 0 bridgehead atoms. The number of benzene rings is 1.